The summed E-state index contributed by atoms with van der Waals surface area (Å²) in [5.41, 5.74) is -0.121. The number of aromatic carboxylic acids is 1. The van der Waals surface area contributed by atoms with Crippen LogP contribution >= 0.6 is 0 Å². The average Bonchev–Trinajstić information content (AvgIpc) is 2.26. The van der Waals surface area contributed by atoms with Gasteiger partial charge in [0.05, 0.1) is 18.5 Å². The zero-order chi connectivity index (χ0) is 12.1. The fourth-order valence-electron chi connectivity index (χ4n) is 0.999. The molecular formula is C10H15N3O3. The van der Waals surface area contributed by atoms with Crippen LogP contribution in [0.5, 0.6) is 0 Å². The van der Waals surface area contributed by atoms with Crippen LogP contribution in [-0.4, -0.2) is 38.8 Å². The van der Waals surface area contributed by atoms with Gasteiger partial charge in [-0.2, -0.15) is 0 Å². The van der Waals surface area contributed by atoms with Crippen molar-refractivity contribution in [3.63, 3.8) is 0 Å². The zero-order valence-corrected chi connectivity index (χ0v) is 9.21. The highest BCUT2D eigenvalue weighted by molar-refractivity contribution is 5.85. The van der Waals surface area contributed by atoms with E-state index in [1.54, 1.807) is 0 Å². The summed E-state index contributed by atoms with van der Waals surface area (Å²) in [4.78, 5) is 18.2. The molecule has 1 heterocycles. The normalized spacial score (nSPS) is 12.5. The van der Waals surface area contributed by atoms with E-state index in [1.165, 1.54) is 12.4 Å². The SMILES string of the molecule is CC(C)C(O)CNc1cncc(C(=O)O)n1. The van der Waals surface area contributed by atoms with E-state index in [-0.39, 0.29) is 11.6 Å². The quantitative estimate of drug-likeness (QED) is 0.679. The molecule has 88 valence electrons. The maximum absolute atomic E-state index is 10.6. The fraction of sp³-hybridized carbons (Fsp3) is 0.500. The standard InChI is InChI=1S/C10H15N3O3/c1-6(2)8(14)4-12-9-5-11-3-7(13-9)10(15)16/h3,5-6,8,14H,4H2,1-2H3,(H,12,13)(H,15,16). The molecule has 1 aromatic rings. The lowest BCUT2D eigenvalue weighted by molar-refractivity contribution is 0.0690. The summed E-state index contributed by atoms with van der Waals surface area (Å²) < 4.78 is 0. The van der Waals surface area contributed by atoms with Crippen molar-refractivity contribution < 1.29 is 15.0 Å². The third kappa shape index (κ3) is 3.47. The Balaban J connectivity index is 2.61. The second kappa shape index (κ2) is 5.41. The van der Waals surface area contributed by atoms with E-state index >= 15 is 0 Å². The lowest BCUT2D eigenvalue weighted by Gasteiger charge is -2.15. The Morgan fingerprint density at radius 2 is 2.19 bits per heavy atom. The molecule has 0 bridgehead atoms. The number of aliphatic hydroxyl groups excluding tert-OH is 1. The van der Waals surface area contributed by atoms with Crippen molar-refractivity contribution in [3.05, 3.63) is 18.1 Å². The highest BCUT2D eigenvalue weighted by Gasteiger charge is 2.10. The molecule has 0 aliphatic heterocycles. The van der Waals surface area contributed by atoms with E-state index in [4.69, 9.17) is 5.11 Å². The number of anilines is 1. The van der Waals surface area contributed by atoms with Crippen molar-refractivity contribution in [2.45, 2.75) is 20.0 Å². The van der Waals surface area contributed by atoms with E-state index in [0.717, 1.165) is 0 Å². The van der Waals surface area contributed by atoms with Gasteiger partial charge < -0.3 is 15.5 Å². The molecule has 6 nitrogen and oxygen atoms in total. The zero-order valence-electron chi connectivity index (χ0n) is 9.21. The number of aliphatic hydroxyl groups is 1. The Bertz CT molecular complexity index is 368. The van der Waals surface area contributed by atoms with Gasteiger partial charge in [-0.15, -0.1) is 0 Å². The van der Waals surface area contributed by atoms with Crippen molar-refractivity contribution in [1.29, 1.82) is 0 Å². The molecule has 1 aromatic heterocycles. The van der Waals surface area contributed by atoms with E-state index in [9.17, 15) is 9.90 Å². The van der Waals surface area contributed by atoms with Crippen LogP contribution in [0.15, 0.2) is 12.4 Å². The van der Waals surface area contributed by atoms with Crippen LogP contribution in [0.25, 0.3) is 0 Å². The highest BCUT2D eigenvalue weighted by atomic mass is 16.4. The Morgan fingerprint density at radius 1 is 1.50 bits per heavy atom. The first-order valence-electron chi connectivity index (χ1n) is 4.98. The summed E-state index contributed by atoms with van der Waals surface area (Å²) in [5.74, 6) is -0.650. The number of hydrogen-bond acceptors (Lipinski definition) is 5. The number of carboxylic acids is 1. The van der Waals surface area contributed by atoms with Gasteiger partial charge in [0.2, 0.25) is 0 Å². The van der Waals surface area contributed by atoms with Gasteiger partial charge in [0, 0.05) is 6.54 Å². The lowest BCUT2D eigenvalue weighted by Crippen LogP contribution is -2.25. The van der Waals surface area contributed by atoms with Gasteiger partial charge in [-0.1, -0.05) is 13.8 Å². The molecule has 3 N–H and O–H groups in total. The van der Waals surface area contributed by atoms with Gasteiger partial charge in [0.15, 0.2) is 5.69 Å². The molecule has 1 rings (SSSR count). The second-order valence-corrected chi connectivity index (χ2v) is 3.79. The van der Waals surface area contributed by atoms with Gasteiger partial charge in [-0.3, -0.25) is 4.98 Å². The average molecular weight is 225 g/mol. The number of carboxylic acid groups (broad SMARTS) is 1. The number of hydrogen-bond donors (Lipinski definition) is 3. The Hall–Kier alpha value is -1.69. The van der Waals surface area contributed by atoms with Crippen molar-refractivity contribution in [1.82, 2.24) is 9.97 Å². The molecule has 0 fully saturated rings. The number of rotatable bonds is 5. The predicted molar refractivity (Wildman–Crippen MR) is 58.3 cm³/mol. The smallest absolute Gasteiger partial charge is 0.356 e. The van der Waals surface area contributed by atoms with Crippen molar-refractivity contribution in [3.8, 4) is 0 Å². The monoisotopic (exact) mass is 225 g/mol. The van der Waals surface area contributed by atoms with E-state index in [0.29, 0.717) is 12.4 Å². The largest absolute Gasteiger partial charge is 0.476 e. The summed E-state index contributed by atoms with van der Waals surface area (Å²) in [6, 6.07) is 0. The van der Waals surface area contributed by atoms with Gasteiger partial charge in [-0.05, 0) is 5.92 Å². The minimum Gasteiger partial charge on any atom is -0.476 e. The molecule has 16 heavy (non-hydrogen) atoms. The molecule has 0 saturated carbocycles. The summed E-state index contributed by atoms with van der Waals surface area (Å²) >= 11 is 0. The number of carbonyl (C=O) groups is 1. The Kier molecular flexibility index (Phi) is 4.19. The van der Waals surface area contributed by atoms with Gasteiger partial charge in [0.1, 0.15) is 5.82 Å². The summed E-state index contributed by atoms with van der Waals surface area (Å²) in [6.45, 7) is 4.10. The molecule has 0 aromatic carbocycles. The second-order valence-electron chi connectivity index (χ2n) is 3.79. The Morgan fingerprint density at radius 3 is 2.75 bits per heavy atom. The maximum Gasteiger partial charge on any atom is 0.356 e. The molecular weight excluding hydrogens is 210 g/mol. The van der Waals surface area contributed by atoms with Crippen LogP contribution in [0, 0.1) is 5.92 Å². The molecule has 0 amide bonds. The first-order valence-corrected chi connectivity index (χ1v) is 4.98. The maximum atomic E-state index is 10.6. The first-order chi connectivity index (χ1) is 7.50. The van der Waals surface area contributed by atoms with E-state index < -0.39 is 12.1 Å². The van der Waals surface area contributed by atoms with Gasteiger partial charge in [-0.25, -0.2) is 9.78 Å². The number of nitrogens with zero attached hydrogens (tertiary/aromatic N) is 2. The third-order valence-corrected chi connectivity index (χ3v) is 2.12. The topological polar surface area (TPSA) is 95.3 Å². The molecule has 6 heteroatoms. The van der Waals surface area contributed by atoms with Crippen molar-refractivity contribution in [2.24, 2.45) is 5.92 Å². The minimum absolute atomic E-state index is 0.121. The van der Waals surface area contributed by atoms with Gasteiger partial charge in [0.25, 0.3) is 0 Å². The molecule has 0 saturated heterocycles. The Labute approximate surface area is 93.4 Å². The molecule has 1 unspecified atom stereocenters. The predicted octanol–water partition coefficient (Wildman–Crippen LogP) is 0.604. The summed E-state index contributed by atoms with van der Waals surface area (Å²) in [6.07, 6.45) is 2.08. The molecule has 0 aliphatic rings. The first kappa shape index (κ1) is 12.4. The fourth-order valence-corrected chi connectivity index (χ4v) is 0.999. The van der Waals surface area contributed by atoms with Crippen LogP contribution < -0.4 is 5.32 Å². The van der Waals surface area contributed by atoms with E-state index in [1.807, 2.05) is 13.8 Å². The van der Waals surface area contributed by atoms with Crippen LogP contribution in [0.4, 0.5) is 5.82 Å². The number of aromatic nitrogens is 2. The van der Waals surface area contributed by atoms with Crippen molar-refractivity contribution >= 4 is 11.8 Å². The van der Waals surface area contributed by atoms with Crippen LogP contribution in [0.1, 0.15) is 24.3 Å². The van der Waals surface area contributed by atoms with Crippen LogP contribution in [0.3, 0.4) is 0 Å². The highest BCUT2D eigenvalue weighted by Crippen LogP contribution is 2.05. The van der Waals surface area contributed by atoms with Crippen LogP contribution in [0.2, 0.25) is 0 Å². The molecule has 0 radical (unpaired) electrons. The minimum atomic E-state index is -1.12. The molecule has 0 spiro atoms. The van der Waals surface area contributed by atoms with E-state index in [2.05, 4.69) is 15.3 Å². The molecule has 1 atom stereocenters. The van der Waals surface area contributed by atoms with Crippen molar-refractivity contribution in [2.75, 3.05) is 11.9 Å². The number of nitrogens with one attached hydrogen (secondary N) is 1. The van der Waals surface area contributed by atoms with Gasteiger partial charge >= 0.3 is 5.97 Å². The van der Waals surface area contributed by atoms with Crippen LogP contribution in [-0.2, 0) is 0 Å². The summed E-state index contributed by atoms with van der Waals surface area (Å²) in [5, 5.41) is 21.1. The summed E-state index contributed by atoms with van der Waals surface area (Å²) in [7, 11) is 0. The lowest BCUT2D eigenvalue weighted by atomic mass is 10.1. The molecule has 0 aliphatic carbocycles. The third-order valence-electron chi connectivity index (χ3n) is 2.12.